The molecule has 1 fully saturated rings. The van der Waals surface area contributed by atoms with Gasteiger partial charge in [-0.15, -0.1) is 11.3 Å². The fourth-order valence-corrected chi connectivity index (χ4v) is 2.77. The van der Waals surface area contributed by atoms with Crippen molar-refractivity contribution in [3.8, 4) is 0 Å². The number of hydrogen-bond acceptors (Lipinski definition) is 3. The summed E-state index contributed by atoms with van der Waals surface area (Å²) in [6.45, 7) is 3.84. The molecule has 16 heavy (non-hydrogen) atoms. The van der Waals surface area contributed by atoms with E-state index >= 15 is 0 Å². The Morgan fingerprint density at radius 1 is 1.50 bits per heavy atom. The van der Waals surface area contributed by atoms with Gasteiger partial charge in [-0.2, -0.15) is 0 Å². The molecule has 1 saturated heterocycles. The molecule has 0 N–H and O–H groups in total. The molecule has 2 rings (SSSR count). The van der Waals surface area contributed by atoms with Crippen molar-refractivity contribution in [2.45, 2.75) is 45.3 Å². The summed E-state index contributed by atoms with van der Waals surface area (Å²) < 4.78 is 11.2. The molecule has 1 aromatic heterocycles. The SMILES string of the molecule is CCc1cc(CCOC2CCCCO2)cs1. The predicted molar refractivity (Wildman–Crippen MR) is 66.9 cm³/mol. The topological polar surface area (TPSA) is 18.5 Å². The van der Waals surface area contributed by atoms with E-state index in [0.717, 1.165) is 32.5 Å². The molecule has 0 aliphatic carbocycles. The van der Waals surface area contributed by atoms with E-state index in [1.54, 1.807) is 0 Å². The lowest BCUT2D eigenvalue weighted by Crippen LogP contribution is -2.23. The molecule has 0 radical (unpaired) electrons. The average molecular weight is 240 g/mol. The van der Waals surface area contributed by atoms with Crippen molar-refractivity contribution >= 4 is 11.3 Å². The minimum atomic E-state index is 0.0537. The minimum Gasteiger partial charge on any atom is -0.353 e. The summed E-state index contributed by atoms with van der Waals surface area (Å²) in [4.78, 5) is 1.46. The third-order valence-corrected chi connectivity index (χ3v) is 4.02. The molecule has 1 unspecified atom stereocenters. The second-order valence-electron chi connectivity index (χ2n) is 4.19. The lowest BCUT2D eigenvalue weighted by Gasteiger charge is -2.22. The highest BCUT2D eigenvalue weighted by Gasteiger charge is 2.13. The second-order valence-corrected chi connectivity index (χ2v) is 5.19. The molecule has 2 nitrogen and oxygen atoms in total. The summed E-state index contributed by atoms with van der Waals surface area (Å²) in [5.41, 5.74) is 1.40. The van der Waals surface area contributed by atoms with E-state index in [4.69, 9.17) is 9.47 Å². The maximum atomic E-state index is 5.71. The zero-order chi connectivity index (χ0) is 11.2. The van der Waals surface area contributed by atoms with E-state index in [2.05, 4.69) is 18.4 Å². The van der Waals surface area contributed by atoms with Crippen molar-refractivity contribution in [2.24, 2.45) is 0 Å². The van der Waals surface area contributed by atoms with Crippen LogP contribution in [-0.2, 0) is 22.3 Å². The van der Waals surface area contributed by atoms with Crippen LogP contribution in [0.2, 0.25) is 0 Å². The first-order valence-corrected chi connectivity index (χ1v) is 7.06. The van der Waals surface area contributed by atoms with Gasteiger partial charge in [0.1, 0.15) is 0 Å². The summed E-state index contributed by atoms with van der Waals surface area (Å²) in [7, 11) is 0. The van der Waals surface area contributed by atoms with Gasteiger partial charge in [-0.25, -0.2) is 0 Å². The van der Waals surface area contributed by atoms with Crippen LogP contribution in [0.4, 0.5) is 0 Å². The first kappa shape index (κ1) is 12.1. The number of ether oxygens (including phenoxy) is 2. The van der Waals surface area contributed by atoms with Crippen LogP contribution < -0.4 is 0 Å². The Morgan fingerprint density at radius 3 is 3.12 bits per heavy atom. The monoisotopic (exact) mass is 240 g/mol. The van der Waals surface area contributed by atoms with Crippen LogP contribution in [0, 0.1) is 0 Å². The summed E-state index contributed by atoms with van der Waals surface area (Å²) in [5.74, 6) is 0. The molecule has 3 heteroatoms. The molecule has 1 atom stereocenters. The van der Waals surface area contributed by atoms with E-state index < -0.39 is 0 Å². The van der Waals surface area contributed by atoms with Gasteiger partial charge in [0.2, 0.25) is 0 Å². The number of rotatable bonds is 5. The van der Waals surface area contributed by atoms with Crippen LogP contribution in [0.1, 0.15) is 36.6 Å². The molecular formula is C13H20O2S. The number of hydrogen-bond donors (Lipinski definition) is 0. The van der Waals surface area contributed by atoms with Gasteiger partial charge in [-0.3, -0.25) is 0 Å². The second kappa shape index (κ2) is 6.38. The zero-order valence-electron chi connectivity index (χ0n) is 9.91. The standard InChI is InChI=1S/C13H20O2S/c1-2-12-9-11(10-16-12)6-8-15-13-5-3-4-7-14-13/h9-10,13H,2-8H2,1H3. The van der Waals surface area contributed by atoms with Crippen molar-refractivity contribution in [1.29, 1.82) is 0 Å². The first-order valence-electron chi connectivity index (χ1n) is 6.18. The molecule has 0 saturated carbocycles. The Morgan fingerprint density at radius 2 is 2.44 bits per heavy atom. The Hall–Kier alpha value is -0.380. The van der Waals surface area contributed by atoms with Crippen molar-refractivity contribution in [1.82, 2.24) is 0 Å². The maximum absolute atomic E-state index is 5.71. The van der Waals surface area contributed by atoms with Crippen LogP contribution in [0.5, 0.6) is 0 Å². The van der Waals surface area contributed by atoms with Gasteiger partial charge in [0.25, 0.3) is 0 Å². The van der Waals surface area contributed by atoms with Gasteiger partial charge in [-0.1, -0.05) is 6.92 Å². The zero-order valence-corrected chi connectivity index (χ0v) is 10.7. The van der Waals surface area contributed by atoms with E-state index in [9.17, 15) is 0 Å². The van der Waals surface area contributed by atoms with Crippen LogP contribution in [0.15, 0.2) is 11.4 Å². The third-order valence-electron chi connectivity index (χ3n) is 2.89. The molecule has 2 heterocycles. The lowest BCUT2D eigenvalue weighted by atomic mass is 10.2. The Labute approximate surface area is 102 Å². The molecule has 0 aromatic carbocycles. The van der Waals surface area contributed by atoms with E-state index in [0.29, 0.717) is 0 Å². The van der Waals surface area contributed by atoms with Gasteiger partial charge < -0.3 is 9.47 Å². The fourth-order valence-electron chi connectivity index (χ4n) is 1.89. The van der Waals surface area contributed by atoms with E-state index in [1.165, 1.54) is 23.3 Å². The average Bonchev–Trinajstić information content (AvgIpc) is 2.78. The maximum Gasteiger partial charge on any atom is 0.157 e. The highest BCUT2D eigenvalue weighted by atomic mass is 32.1. The van der Waals surface area contributed by atoms with Crippen molar-refractivity contribution in [2.75, 3.05) is 13.2 Å². The quantitative estimate of drug-likeness (QED) is 0.785. The molecule has 1 aromatic rings. The third kappa shape index (κ3) is 3.58. The Kier molecular flexibility index (Phi) is 4.82. The highest BCUT2D eigenvalue weighted by molar-refractivity contribution is 7.10. The number of thiophene rings is 1. The van der Waals surface area contributed by atoms with Gasteiger partial charge in [-0.05, 0) is 49.1 Å². The molecule has 0 spiro atoms. The van der Waals surface area contributed by atoms with Crippen LogP contribution >= 0.6 is 11.3 Å². The lowest BCUT2D eigenvalue weighted by molar-refractivity contribution is -0.161. The van der Waals surface area contributed by atoms with Gasteiger partial charge in [0.05, 0.1) is 6.61 Å². The Bertz CT molecular complexity index is 303. The molecule has 1 aliphatic rings. The minimum absolute atomic E-state index is 0.0537. The van der Waals surface area contributed by atoms with Gasteiger partial charge in [0.15, 0.2) is 6.29 Å². The van der Waals surface area contributed by atoms with Crippen LogP contribution in [0.3, 0.4) is 0 Å². The number of aryl methyl sites for hydroxylation is 1. The summed E-state index contributed by atoms with van der Waals surface area (Å²) in [5, 5.41) is 2.24. The largest absolute Gasteiger partial charge is 0.353 e. The summed E-state index contributed by atoms with van der Waals surface area (Å²) in [6.07, 6.45) is 5.68. The van der Waals surface area contributed by atoms with E-state index in [-0.39, 0.29) is 6.29 Å². The Balaban J connectivity index is 1.66. The van der Waals surface area contributed by atoms with Crippen molar-refractivity contribution in [3.05, 3.63) is 21.9 Å². The fraction of sp³-hybridized carbons (Fsp3) is 0.692. The summed E-state index contributed by atoms with van der Waals surface area (Å²) >= 11 is 1.85. The molecule has 0 bridgehead atoms. The summed E-state index contributed by atoms with van der Waals surface area (Å²) in [6, 6.07) is 2.29. The van der Waals surface area contributed by atoms with Gasteiger partial charge >= 0.3 is 0 Å². The van der Waals surface area contributed by atoms with Crippen LogP contribution in [-0.4, -0.2) is 19.5 Å². The smallest absolute Gasteiger partial charge is 0.157 e. The highest BCUT2D eigenvalue weighted by Crippen LogP contribution is 2.17. The molecular weight excluding hydrogens is 220 g/mol. The van der Waals surface area contributed by atoms with E-state index in [1.807, 2.05) is 11.3 Å². The predicted octanol–water partition coefficient (Wildman–Crippen LogP) is 3.40. The molecule has 90 valence electrons. The van der Waals surface area contributed by atoms with Gasteiger partial charge in [0, 0.05) is 11.5 Å². The normalized spacial score (nSPS) is 21.2. The molecule has 0 amide bonds. The molecule has 1 aliphatic heterocycles. The van der Waals surface area contributed by atoms with Crippen molar-refractivity contribution < 1.29 is 9.47 Å². The van der Waals surface area contributed by atoms with Crippen molar-refractivity contribution in [3.63, 3.8) is 0 Å². The first-order chi connectivity index (χ1) is 7.88. The van der Waals surface area contributed by atoms with Crippen LogP contribution in [0.25, 0.3) is 0 Å².